The number of carbonyl (C=O) groups is 1. The van der Waals surface area contributed by atoms with Gasteiger partial charge >= 0.3 is 0 Å². The topological polar surface area (TPSA) is 69.6 Å². The number of methoxy groups -OCH3 is 1. The summed E-state index contributed by atoms with van der Waals surface area (Å²) >= 11 is 0. The minimum atomic E-state index is -0.264. The first-order chi connectivity index (χ1) is 15.1. The Hall–Kier alpha value is -1.50. The van der Waals surface area contributed by atoms with Gasteiger partial charge in [-0.1, -0.05) is 12.1 Å². The Morgan fingerprint density at radius 3 is 2.38 bits per heavy atom. The zero-order valence-corrected chi connectivity index (χ0v) is 21.3. The lowest BCUT2D eigenvalue weighted by Gasteiger charge is -2.37. The Balaban J connectivity index is 0.00000363. The van der Waals surface area contributed by atoms with E-state index >= 15 is 0 Å². The SMILES string of the molecule is CCNC(=NCC(OC)c1ccc(F)cc1)N1CCN(CC(=O)N2CCOCC2)CC1.I. The third-order valence-electron chi connectivity index (χ3n) is 5.66. The van der Waals surface area contributed by atoms with Crippen LogP contribution >= 0.6 is 24.0 Å². The molecular weight excluding hydrogens is 528 g/mol. The van der Waals surface area contributed by atoms with Crippen LogP contribution in [0.3, 0.4) is 0 Å². The van der Waals surface area contributed by atoms with Gasteiger partial charge in [0.05, 0.1) is 26.3 Å². The highest BCUT2D eigenvalue weighted by atomic mass is 127. The van der Waals surface area contributed by atoms with Crippen molar-refractivity contribution < 1.29 is 18.7 Å². The van der Waals surface area contributed by atoms with Gasteiger partial charge in [-0.15, -0.1) is 24.0 Å². The largest absolute Gasteiger partial charge is 0.378 e. The molecule has 0 saturated carbocycles. The van der Waals surface area contributed by atoms with Gasteiger partial charge in [0.2, 0.25) is 5.91 Å². The van der Waals surface area contributed by atoms with Gasteiger partial charge in [0, 0.05) is 52.9 Å². The maximum absolute atomic E-state index is 13.2. The molecule has 3 rings (SSSR count). The Morgan fingerprint density at radius 1 is 1.12 bits per heavy atom. The Kier molecular flexibility index (Phi) is 11.6. The smallest absolute Gasteiger partial charge is 0.236 e. The normalized spacial score (nSPS) is 18.8. The van der Waals surface area contributed by atoms with Crippen molar-refractivity contribution in [1.29, 1.82) is 0 Å². The number of piperazine rings is 1. The second-order valence-electron chi connectivity index (χ2n) is 7.73. The van der Waals surface area contributed by atoms with Crippen LogP contribution in [0.4, 0.5) is 4.39 Å². The molecule has 2 heterocycles. The van der Waals surface area contributed by atoms with E-state index in [1.54, 1.807) is 19.2 Å². The summed E-state index contributed by atoms with van der Waals surface area (Å²) in [5, 5.41) is 3.35. The minimum Gasteiger partial charge on any atom is -0.378 e. The highest BCUT2D eigenvalue weighted by Gasteiger charge is 2.24. The molecular formula is C22H35FIN5O3. The minimum absolute atomic E-state index is 0. The van der Waals surface area contributed by atoms with Crippen molar-refractivity contribution in [3.63, 3.8) is 0 Å². The average Bonchev–Trinajstić information content (AvgIpc) is 2.81. The fourth-order valence-corrected chi connectivity index (χ4v) is 3.81. The first-order valence-corrected chi connectivity index (χ1v) is 11.0. The van der Waals surface area contributed by atoms with Crippen molar-refractivity contribution >= 4 is 35.8 Å². The van der Waals surface area contributed by atoms with Crippen LogP contribution in [-0.4, -0.2) is 106 Å². The standard InChI is InChI=1S/C22H34FN5O3.HI/c1-3-24-22(25-16-20(30-2)18-4-6-19(23)7-5-18)28-10-8-26(9-11-28)17-21(29)27-12-14-31-15-13-27;/h4-7,20H,3,8-17H2,1-2H3,(H,24,25);1H. The Bertz CT molecular complexity index is 723. The molecule has 2 aliphatic heterocycles. The predicted octanol–water partition coefficient (Wildman–Crippen LogP) is 1.57. The quantitative estimate of drug-likeness (QED) is 0.309. The van der Waals surface area contributed by atoms with E-state index in [0.29, 0.717) is 39.4 Å². The Morgan fingerprint density at radius 2 is 1.78 bits per heavy atom. The fraction of sp³-hybridized carbons (Fsp3) is 0.636. The van der Waals surface area contributed by atoms with Crippen molar-refractivity contribution in [3.8, 4) is 0 Å². The van der Waals surface area contributed by atoms with Gasteiger partial charge in [-0.3, -0.25) is 14.7 Å². The van der Waals surface area contributed by atoms with Crippen molar-refractivity contribution in [2.75, 3.05) is 79.2 Å². The van der Waals surface area contributed by atoms with Crippen molar-refractivity contribution in [2.24, 2.45) is 4.99 Å². The molecule has 0 aromatic heterocycles. The monoisotopic (exact) mass is 563 g/mol. The zero-order valence-electron chi connectivity index (χ0n) is 19.0. The van der Waals surface area contributed by atoms with Gasteiger partial charge in [0.15, 0.2) is 5.96 Å². The second-order valence-corrected chi connectivity index (χ2v) is 7.73. The van der Waals surface area contributed by atoms with Crippen LogP contribution in [0.25, 0.3) is 0 Å². The summed E-state index contributed by atoms with van der Waals surface area (Å²) in [5.41, 5.74) is 0.898. The lowest BCUT2D eigenvalue weighted by Crippen LogP contribution is -2.55. The summed E-state index contributed by atoms with van der Waals surface area (Å²) in [6, 6.07) is 6.34. The highest BCUT2D eigenvalue weighted by Crippen LogP contribution is 2.17. The molecule has 0 radical (unpaired) electrons. The molecule has 1 N–H and O–H groups in total. The third kappa shape index (κ3) is 7.82. The lowest BCUT2D eigenvalue weighted by atomic mass is 10.1. The molecule has 8 nitrogen and oxygen atoms in total. The summed E-state index contributed by atoms with van der Waals surface area (Å²) in [6.07, 6.45) is -0.235. The van der Waals surface area contributed by atoms with Gasteiger partial charge < -0.3 is 24.6 Å². The molecule has 32 heavy (non-hydrogen) atoms. The molecule has 0 spiro atoms. The summed E-state index contributed by atoms with van der Waals surface area (Å²) < 4.78 is 24.1. The number of nitrogens with zero attached hydrogens (tertiary/aromatic N) is 4. The highest BCUT2D eigenvalue weighted by molar-refractivity contribution is 14.0. The van der Waals surface area contributed by atoms with Crippen LogP contribution in [0.2, 0.25) is 0 Å². The van der Waals surface area contributed by atoms with Crippen LogP contribution < -0.4 is 5.32 Å². The van der Waals surface area contributed by atoms with Crippen LogP contribution in [0.1, 0.15) is 18.6 Å². The van der Waals surface area contributed by atoms with Gasteiger partial charge in [-0.05, 0) is 24.6 Å². The van der Waals surface area contributed by atoms with E-state index in [4.69, 9.17) is 14.5 Å². The molecule has 2 fully saturated rings. The third-order valence-corrected chi connectivity index (χ3v) is 5.66. The number of rotatable bonds is 7. The summed E-state index contributed by atoms with van der Waals surface area (Å²) in [6.45, 7) is 9.56. The van der Waals surface area contributed by atoms with Gasteiger partial charge in [0.25, 0.3) is 0 Å². The summed E-state index contributed by atoms with van der Waals surface area (Å²) in [4.78, 5) is 23.6. The van der Waals surface area contributed by atoms with Crippen LogP contribution in [0.15, 0.2) is 29.3 Å². The number of benzene rings is 1. The number of halogens is 2. The number of aliphatic imine (C=N–C) groups is 1. The maximum Gasteiger partial charge on any atom is 0.236 e. The molecule has 1 atom stereocenters. The molecule has 2 aliphatic rings. The first kappa shape index (κ1) is 26.7. The van der Waals surface area contributed by atoms with E-state index in [0.717, 1.165) is 44.2 Å². The number of hydrogen-bond acceptors (Lipinski definition) is 5. The van der Waals surface area contributed by atoms with Crippen molar-refractivity contribution in [2.45, 2.75) is 13.0 Å². The Labute approximate surface area is 207 Å². The van der Waals surface area contributed by atoms with Crippen molar-refractivity contribution in [3.05, 3.63) is 35.6 Å². The number of carbonyl (C=O) groups excluding carboxylic acids is 1. The van der Waals surface area contributed by atoms with E-state index in [9.17, 15) is 9.18 Å². The number of morpholine rings is 1. The molecule has 0 aliphatic carbocycles. The maximum atomic E-state index is 13.2. The summed E-state index contributed by atoms with van der Waals surface area (Å²) in [5.74, 6) is 0.755. The molecule has 1 aromatic rings. The number of ether oxygens (including phenoxy) is 2. The first-order valence-electron chi connectivity index (χ1n) is 11.0. The van der Waals surface area contributed by atoms with E-state index in [-0.39, 0.29) is 41.8 Å². The molecule has 180 valence electrons. The van der Waals surface area contributed by atoms with Gasteiger partial charge in [-0.2, -0.15) is 0 Å². The fourth-order valence-electron chi connectivity index (χ4n) is 3.81. The van der Waals surface area contributed by atoms with Crippen LogP contribution in [-0.2, 0) is 14.3 Å². The zero-order chi connectivity index (χ0) is 22.1. The van der Waals surface area contributed by atoms with E-state index in [1.807, 2.05) is 11.8 Å². The van der Waals surface area contributed by atoms with E-state index in [1.165, 1.54) is 12.1 Å². The summed E-state index contributed by atoms with van der Waals surface area (Å²) in [7, 11) is 1.64. The molecule has 1 amide bonds. The lowest BCUT2D eigenvalue weighted by molar-refractivity contribution is -0.136. The average molecular weight is 563 g/mol. The van der Waals surface area contributed by atoms with Gasteiger partial charge in [-0.25, -0.2) is 4.39 Å². The van der Waals surface area contributed by atoms with Crippen molar-refractivity contribution in [1.82, 2.24) is 20.0 Å². The molecule has 1 unspecified atom stereocenters. The molecule has 10 heteroatoms. The number of hydrogen-bond donors (Lipinski definition) is 1. The van der Waals surface area contributed by atoms with E-state index < -0.39 is 0 Å². The second kappa shape index (κ2) is 13.9. The predicted molar refractivity (Wildman–Crippen MR) is 133 cm³/mol. The van der Waals surface area contributed by atoms with Crippen LogP contribution in [0, 0.1) is 5.82 Å². The van der Waals surface area contributed by atoms with E-state index in [2.05, 4.69) is 15.1 Å². The molecule has 1 aromatic carbocycles. The molecule has 2 saturated heterocycles. The number of nitrogens with one attached hydrogen (secondary N) is 1. The number of guanidine groups is 1. The van der Waals surface area contributed by atoms with Crippen LogP contribution in [0.5, 0.6) is 0 Å². The molecule has 0 bridgehead atoms. The number of amides is 1. The van der Waals surface area contributed by atoms with Gasteiger partial charge in [0.1, 0.15) is 11.9 Å².